The van der Waals surface area contributed by atoms with Crippen molar-refractivity contribution in [2.45, 2.75) is 50.2 Å². The van der Waals surface area contributed by atoms with Crippen LogP contribution >= 0.6 is 15.9 Å². The van der Waals surface area contributed by atoms with Gasteiger partial charge in [0.15, 0.2) is 0 Å². The van der Waals surface area contributed by atoms with Crippen LogP contribution in [-0.2, 0) is 0 Å². The van der Waals surface area contributed by atoms with E-state index in [1.54, 1.807) is 6.26 Å². The van der Waals surface area contributed by atoms with Gasteiger partial charge in [0.2, 0.25) is 0 Å². The van der Waals surface area contributed by atoms with E-state index in [4.69, 9.17) is 10.2 Å². The van der Waals surface area contributed by atoms with E-state index in [-0.39, 0.29) is 12.1 Å². The maximum Gasteiger partial charge on any atom is 0.136 e. The number of furan rings is 1. The van der Waals surface area contributed by atoms with Crippen LogP contribution in [0.5, 0.6) is 0 Å². The van der Waals surface area contributed by atoms with E-state index in [1.807, 2.05) is 6.07 Å². The Bertz CT molecular complexity index is 389. The zero-order valence-corrected chi connectivity index (χ0v) is 11.5. The van der Waals surface area contributed by atoms with Crippen molar-refractivity contribution in [2.24, 2.45) is 5.73 Å². The average molecular weight is 299 g/mol. The number of rotatable bonds is 2. The van der Waals surface area contributed by atoms with Crippen molar-refractivity contribution >= 4 is 15.9 Å². The fraction of sp³-hybridized carbons (Fsp3) is 0.692. The minimum absolute atomic E-state index is 0.195. The Morgan fingerprint density at radius 3 is 2.76 bits per heavy atom. The number of halogens is 1. The Morgan fingerprint density at radius 1 is 1.29 bits per heavy atom. The van der Waals surface area contributed by atoms with Crippen molar-refractivity contribution in [3.8, 4) is 0 Å². The molecule has 1 aromatic heterocycles. The second-order valence-electron chi connectivity index (χ2n) is 5.21. The van der Waals surface area contributed by atoms with Crippen molar-refractivity contribution < 1.29 is 4.42 Å². The summed E-state index contributed by atoms with van der Waals surface area (Å²) in [5.74, 6) is 1.02. The van der Waals surface area contributed by atoms with Crippen LogP contribution in [0.15, 0.2) is 21.2 Å². The minimum Gasteiger partial charge on any atom is -0.466 e. The van der Waals surface area contributed by atoms with Gasteiger partial charge in [0.25, 0.3) is 0 Å². The molecule has 94 valence electrons. The Kier molecular flexibility index (Phi) is 3.28. The van der Waals surface area contributed by atoms with Crippen molar-refractivity contribution in [1.82, 2.24) is 4.90 Å². The summed E-state index contributed by atoms with van der Waals surface area (Å²) in [6, 6.07) is 3.16. The predicted molar refractivity (Wildman–Crippen MR) is 70.7 cm³/mol. The third-order valence-corrected chi connectivity index (χ3v) is 4.55. The maximum atomic E-state index is 6.37. The highest BCUT2D eigenvalue weighted by molar-refractivity contribution is 9.10. The molecule has 1 aromatic rings. The molecule has 1 saturated carbocycles. The summed E-state index contributed by atoms with van der Waals surface area (Å²) in [6.45, 7) is 1.16. The minimum atomic E-state index is 0.195. The van der Waals surface area contributed by atoms with Gasteiger partial charge in [-0.05, 0) is 54.2 Å². The molecule has 0 radical (unpaired) electrons. The molecule has 2 aliphatic rings. The largest absolute Gasteiger partial charge is 0.466 e. The van der Waals surface area contributed by atoms with E-state index < -0.39 is 0 Å². The first-order chi connectivity index (χ1) is 8.27. The Morgan fingerprint density at radius 2 is 2.12 bits per heavy atom. The summed E-state index contributed by atoms with van der Waals surface area (Å²) in [5.41, 5.74) is 6.37. The maximum absolute atomic E-state index is 6.37. The zero-order valence-electron chi connectivity index (χ0n) is 9.94. The van der Waals surface area contributed by atoms with Crippen LogP contribution in [0.3, 0.4) is 0 Å². The molecule has 3 rings (SSSR count). The number of likely N-dealkylation sites (tertiary alicyclic amines) is 1. The third-order valence-electron chi connectivity index (χ3n) is 3.90. The van der Waals surface area contributed by atoms with Crippen LogP contribution in [0, 0.1) is 0 Å². The van der Waals surface area contributed by atoms with Gasteiger partial charge in [-0.1, -0.05) is 6.42 Å². The van der Waals surface area contributed by atoms with Gasteiger partial charge < -0.3 is 10.2 Å². The molecule has 2 unspecified atom stereocenters. The molecule has 1 saturated heterocycles. The SMILES string of the molecule is NC1CCCCN(C2CC2)C1c1occc1Br. The number of hydrogen-bond donors (Lipinski definition) is 1. The van der Waals surface area contributed by atoms with E-state index in [0.717, 1.165) is 29.2 Å². The first-order valence-corrected chi connectivity index (χ1v) is 7.31. The van der Waals surface area contributed by atoms with E-state index in [1.165, 1.54) is 25.7 Å². The molecular formula is C13H19BrN2O. The second kappa shape index (κ2) is 4.75. The third kappa shape index (κ3) is 2.30. The Labute approximate surface area is 110 Å². The molecule has 4 heteroatoms. The van der Waals surface area contributed by atoms with Crippen molar-refractivity contribution in [2.75, 3.05) is 6.54 Å². The summed E-state index contributed by atoms with van der Waals surface area (Å²) >= 11 is 3.58. The Balaban J connectivity index is 1.92. The van der Waals surface area contributed by atoms with Gasteiger partial charge in [-0.25, -0.2) is 0 Å². The summed E-state index contributed by atoms with van der Waals surface area (Å²) in [6.07, 6.45) is 7.99. The number of nitrogens with two attached hydrogens (primary N) is 1. The molecule has 0 aromatic carbocycles. The monoisotopic (exact) mass is 298 g/mol. The first-order valence-electron chi connectivity index (χ1n) is 6.51. The predicted octanol–water partition coefficient (Wildman–Crippen LogP) is 3.06. The highest BCUT2D eigenvalue weighted by Gasteiger charge is 2.40. The van der Waals surface area contributed by atoms with Gasteiger partial charge >= 0.3 is 0 Å². The second-order valence-corrected chi connectivity index (χ2v) is 6.06. The lowest BCUT2D eigenvalue weighted by molar-refractivity contribution is 0.153. The molecule has 17 heavy (non-hydrogen) atoms. The lowest BCUT2D eigenvalue weighted by atomic mass is 10.0. The van der Waals surface area contributed by atoms with Crippen LogP contribution in [0.4, 0.5) is 0 Å². The van der Waals surface area contributed by atoms with Crippen LogP contribution in [0.25, 0.3) is 0 Å². The molecule has 1 aliphatic heterocycles. The number of nitrogens with zero attached hydrogens (tertiary/aromatic N) is 1. The first kappa shape index (κ1) is 11.8. The highest BCUT2D eigenvalue weighted by Crippen LogP contribution is 2.40. The van der Waals surface area contributed by atoms with Crippen LogP contribution in [-0.4, -0.2) is 23.5 Å². The fourth-order valence-corrected chi connectivity index (χ4v) is 3.33. The van der Waals surface area contributed by atoms with Crippen molar-refractivity contribution in [1.29, 1.82) is 0 Å². The molecule has 0 spiro atoms. The van der Waals surface area contributed by atoms with Gasteiger partial charge in [-0.2, -0.15) is 0 Å². The van der Waals surface area contributed by atoms with Gasteiger partial charge in [-0.15, -0.1) is 0 Å². The van der Waals surface area contributed by atoms with Crippen molar-refractivity contribution in [3.05, 3.63) is 22.6 Å². The average Bonchev–Trinajstić information content (AvgIpc) is 3.08. The molecule has 0 bridgehead atoms. The van der Waals surface area contributed by atoms with Crippen LogP contribution in [0.1, 0.15) is 43.9 Å². The van der Waals surface area contributed by atoms with E-state index in [9.17, 15) is 0 Å². The molecular weight excluding hydrogens is 280 g/mol. The topological polar surface area (TPSA) is 42.4 Å². The van der Waals surface area contributed by atoms with Crippen LogP contribution < -0.4 is 5.73 Å². The van der Waals surface area contributed by atoms with E-state index in [0.29, 0.717) is 0 Å². The van der Waals surface area contributed by atoms with E-state index >= 15 is 0 Å². The molecule has 2 fully saturated rings. The molecule has 2 N–H and O–H groups in total. The molecule has 1 aliphatic carbocycles. The van der Waals surface area contributed by atoms with Crippen LogP contribution in [0.2, 0.25) is 0 Å². The molecule has 2 atom stereocenters. The van der Waals surface area contributed by atoms with Gasteiger partial charge in [-0.3, -0.25) is 4.90 Å². The molecule has 3 nitrogen and oxygen atoms in total. The lowest BCUT2D eigenvalue weighted by Crippen LogP contribution is -2.41. The quantitative estimate of drug-likeness (QED) is 0.912. The summed E-state index contributed by atoms with van der Waals surface area (Å²) in [4.78, 5) is 2.57. The summed E-state index contributed by atoms with van der Waals surface area (Å²) < 4.78 is 6.73. The zero-order chi connectivity index (χ0) is 11.8. The van der Waals surface area contributed by atoms with Gasteiger partial charge in [0.1, 0.15) is 5.76 Å². The highest BCUT2D eigenvalue weighted by atomic mass is 79.9. The summed E-state index contributed by atoms with van der Waals surface area (Å²) in [5, 5.41) is 0. The van der Waals surface area contributed by atoms with Gasteiger partial charge in [0.05, 0.1) is 16.8 Å². The standard InChI is InChI=1S/C13H19BrN2O/c14-10-6-8-17-13(10)12-11(15)3-1-2-7-16(12)9-4-5-9/h6,8-9,11-12H,1-5,7,15H2. The normalized spacial score (nSPS) is 31.4. The molecule has 0 amide bonds. The Hall–Kier alpha value is -0.320. The van der Waals surface area contributed by atoms with E-state index in [2.05, 4.69) is 20.8 Å². The molecule has 2 heterocycles. The smallest absolute Gasteiger partial charge is 0.136 e. The summed E-state index contributed by atoms with van der Waals surface area (Å²) in [7, 11) is 0. The fourth-order valence-electron chi connectivity index (χ4n) is 2.89. The number of hydrogen-bond acceptors (Lipinski definition) is 3. The lowest BCUT2D eigenvalue weighted by Gasteiger charge is -2.32. The van der Waals surface area contributed by atoms with Crippen molar-refractivity contribution in [3.63, 3.8) is 0 Å². The van der Waals surface area contributed by atoms with Gasteiger partial charge in [0, 0.05) is 12.1 Å².